The molecule has 0 amide bonds. The van der Waals surface area contributed by atoms with Crippen LogP contribution < -0.4 is 5.32 Å². The highest BCUT2D eigenvalue weighted by Gasteiger charge is 2.22. The molecule has 1 heterocycles. The van der Waals surface area contributed by atoms with Gasteiger partial charge in [-0.15, -0.1) is 0 Å². The largest absolute Gasteiger partial charge is 0.394 e. The van der Waals surface area contributed by atoms with Gasteiger partial charge in [0.15, 0.2) is 0 Å². The fourth-order valence-electron chi connectivity index (χ4n) is 4.13. The second-order valence-electron chi connectivity index (χ2n) is 7.36. The molecule has 1 fully saturated rings. The van der Waals surface area contributed by atoms with Gasteiger partial charge in [-0.1, -0.05) is 30.3 Å². The van der Waals surface area contributed by atoms with Gasteiger partial charge in [-0.2, -0.15) is 5.10 Å². The summed E-state index contributed by atoms with van der Waals surface area (Å²) < 4.78 is 1.91. The van der Waals surface area contributed by atoms with Gasteiger partial charge in [0.25, 0.3) is 0 Å². The molecule has 4 nitrogen and oxygen atoms in total. The normalized spacial score (nSPS) is 20.8. The fourth-order valence-corrected chi connectivity index (χ4v) is 4.13. The van der Waals surface area contributed by atoms with Gasteiger partial charge in [0, 0.05) is 17.8 Å². The minimum atomic E-state index is 0.138. The van der Waals surface area contributed by atoms with Crippen molar-refractivity contribution in [1.29, 1.82) is 0 Å². The molecule has 0 aliphatic heterocycles. The van der Waals surface area contributed by atoms with Crippen LogP contribution in [0.2, 0.25) is 0 Å². The molecule has 2 N–H and O–H groups in total. The van der Waals surface area contributed by atoms with Crippen LogP contribution in [0.25, 0.3) is 0 Å². The van der Waals surface area contributed by atoms with E-state index in [4.69, 9.17) is 5.11 Å². The van der Waals surface area contributed by atoms with Gasteiger partial charge in [-0.05, 0) is 63.5 Å². The Hall–Kier alpha value is -1.65. The molecular formula is C21H31N3O. The Balaban J connectivity index is 1.45. The summed E-state index contributed by atoms with van der Waals surface area (Å²) in [6, 6.07) is 11.0. The molecule has 1 aromatic carbocycles. The van der Waals surface area contributed by atoms with Crippen molar-refractivity contribution in [2.45, 2.75) is 58.5 Å². The van der Waals surface area contributed by atoms with Crippen molar-refractivity contribution >= 4 is 0 Å². The quantitative estimate of drug-likeness (QED) is 0.810. The van der Waals surface area contributed by atoms with Crippen LogP contribution in [0.1, 0.15) is 54.1 Å². The molecular weight excluding hydrogens is 310 g/mol. The fraction of sp³-hybridized carbons (Fsp3) is 0.571. The lowest BCUT2D eigenvalue weighted by Crippen LogP contribution is -2.26. The monoisotopic (exact) mass is 341 g/mol. The van der Waals surface area contributed by atoms with Crippen LogP contribution in [-0.2, 0) is 13.1 Å². The van der Waals surface area contributed by atoms with Gasteiger partial charge in [0.05, 0.1) is 18.8 Å². The van der Waals surface area contributed by atoms with Crippen LogP contribution in [0.15, 0.2) is 30.3 Å². The number of rotatable bonds is 7. The zero-order chi connectivity index (χ0) is 17.6. The van der Waals surface area contributed by atoms with Gasteiger partial charge >= 0.3 is 0 Å². The number of benzene rings is 1. The summed E-state index contributed by atoms with van der Waals surface area (Å²) in [5.74, 6) is 1.53. The first kappa shape index (κ1) is 18.2. The third-order valence-electron chi connectivity index (χ3n) is 5.70. The molecule has 1 aliphatic carbocycles. The van der Waals surface area contributed by atoms with Crippen molar-refractivity contribution in [1.82, 2.24) is 15.1 Å². The van der Waals surface area contributed by atoms with Crippen LogP contribution in [0.5, 0.6) is 0 Å². The molecule has 1 aromatic heterocycles. The lowest BCUT2D eigenvalue weighted by Gasteiger charge is -2.29. The molecule has 0 bridgehead atoms. The highest BCUT2D eigenvalue weighted by atomic mass is 16.3. The van der Waals surface area contributed by atoms with Gasteiger partial charge in [0.2, 0.25) is 0 Å². The molecule has 0 spiro atoms. The van der Waals surface area contributed by atoms with Gasteiger partial charge in [-0.25, -0.2) is 0 Å². The molecule has 0 saturated heterocycles. The molecule has 1 saturated carbocycles. The number of nitrogens with one attached hydrogen (secondary N) is 1. The summed E-state index contributed by atoms with van der Waals surface area (Å²) in [7, 11) is 0. The van der Waals surface area contributed by atoms with E-state index in [0.717, 1.165) is 30.6 Å². The standard InChI is InChI=1S/C21H31N3O/c1-16-21(17(2)24(23-16)12-13-25)15-22-14-18-8-10-20(11-9-18)19-6-4-3-5-7-19/h3-7,18,20,22,25H,8-15H2,1-2H3. The summed E-state index contributed by atoms with van der Waals surface area (Å²) in [5, 5.41) is 17.3. The number of hydrogen-bond donors (Lipinski definition) is 2. The molecule has 1 aliphatic rings. The van der Waals surface area contributed by atoms with Gasteiger partial charge < -0.3 is 10.4 Å². The van der Waals surface area contributed by atoms with Crippen molar-refractivity contribution in [3.63, 3.8) is 0 Å². The van der Waals surface area contributed by atoms with E-state index in [9.17, 15) is 0 Å². The number of nitrogens with zero attached hydrogens (tertiary/aromatic N) is 2. The molecule has 0 radical (unpaired) electrons. The van der Waals surface area contributed by atoms with E-state index in [1.807, 2.05) is 4.68 Å². The van der Waals surface area contributed by atoms with Crippen LogP contribution >= 0.6 is 0 Å². The molecule has 136 valence electrons. The Morgan fingerprint density at radius 1 is 1.12 bits per heavy atom. The summed E-state index contributed by atoms with van der Waals surface area (Å²) in [4.78, 5) is 0. The summed E-state index contributed by atoms with van der Waals surface area (Å²) in [6.45, 7) is 6.84. The van der Waals surface area contributed by atoms with Crippen molar-refractivity contribution in [3.05, 3.63) is 52.8 Å². The topological polar surface area (TPSA) is 50.1 Å². The van der Waals surface area contributed by atoms with E-state index in [0.29, 0.717) is 6.54 Å². The number of hydrogen-bond acceptors (Lipinski definition) is 3. The Morgan fingerprint density at radius 2 is 1.84 bits per heavy atom. The number of aromatic nitrogens is 2. The maximum absolute atomic E-state index is 9.12. The Kier molecular flexibility index (Phi) is 6.27. The minimum Gasteiger partial charge on any atom is -0.394 e. The number of aryl methyl sites for hydroxylation is 1. The Bertz CT molecular complexity index is 657. The van der Waals surface area contributed by atoms with Crippen molar-refractivity contribution in [3.8, 4) is 0 Å². The van der Waals surface area contributed by atoms with E-state index in [1.165, 1.54) is 42.5 Å². The molecule has 2 aromatic rings. The van der Waals surface area contributed by atoms with Crippen molar-refractivity contribution in [2.24, 2.45) is 5.92 Å². The highest BCUT2D eigenvalue weighted by molar-refractivity contribution is 5.24. The van der Waals surface area contributed by atoms with E-state index in [1.54, 1.807) is 0 Å². The Labute approximate surface area is 151 Å². The summed E-state index contributed by atoms with van der Waals surface area (Å²) in [5.41, 5.74) is 5.04. The van der Waals surface area contributed by atoms with Crippen molar-refractivity contribution in [2.75, 3.05) is 13.2 Å². The lowest BCUT2D eigenvalue weighted by molar-refractivity contribution is 0.267. The van der Waals surface area contributed by atoms with Crippen molar-refractivity contribution < 1.29 is 5.11 Å². The van der Waals surface area contributed by atoms with Crippen LogP contribution in [0, 0.1) is 19.8 Å². The molecule has 0 unspecified atom stereocenters. The third-order valence-corrected chi connectivity index (χ3v) is 5.70. The van der Waals surface area contributed by atoms with Gasteiger partial charge in [-0.3, -0.25) is 4.68 Å². The average molecular weight is 341 g/mol. The molecule has 3 rings (SSSR count). The first-order valence-corrected chi connectivity index (χ1v) is 9.58. The molecule has 4 heteroatoms. The SMILES string of the molecule is Cc1nn(CCO)c(C)c1CNCC1CCC(c2ccccc2)CC1. The minimum absolute atomic E-state index is 0.138. The zero-order valence-electron chi connectivity index (χ0n) is 15.5. The molecule has 0 atom stereocenters. The first-order valence-electron chi connectivity index (χ1n) is 9.58. The third kappa shape index (κ3) is 4.50. The van der Waals surface area contributed by atoms with Crippen LogP contribution in [-0.4, -0.2) is 28.0 Å². The Morgan fingerprint density at radius 3 is 2.52 bits per heavy atom. The van der Waals surface area contributed by atoms with E-state index in [-0.39, 0.29) is 6.61 Å². The number of aliphatic hydroxyl groups is 1. The summed E-state index contributed by atoms with van der Waals surface area (Å²) >= 11 is 0. The maximum atomic E-state index is 9.12. The van der Waals surface area contributed by atoms with E-state index >= 15 is 0 Å². The predicted octanol–water partition coefficient (Wildman–Crippen LogP) is 3.56. The van der Waals surface area contributed by atoms with E-state index < -0.39 is 0 Å². The second kappa shape index (κ2) is 8.63. The predicted molar refractivity (Wildman–Crippen MR) is 102 cm³/mol. The zero-order valence-corrected chi connectivity index (χ0v) is 15.5. The maximum Gasteiger partial charge on any atom is 0.0644 e. The first-order chi connectivity index (χ1) is 12.2. The number of aliphatic hydroxyl groups excluding tert-OH is 1. The van der Waals surface area contributed by atoms with Crippen LogP contribution in [0.4, 0.5) is 0 Å². The average Bonchev–Trinajstić information content (AvgIpc) is 2.91. The van der Waals surface area contributed by atoms with E-state index in [2.05, 4.69) is 54.6 Å². The highest BCUT2D eigenvalue weighted by Crippen LogP contribution is 2.35. The second-order valence-corrected chi connectivity index (χ2v) is 7.36. The van der Waals surface area contributed by atoms with Gasteiger partial charge in [0.1, 0.15) is 0 Å². The van der Waals surface area contributed by atoms with Crippen LogP contribution in [0.3, 0.4) is 0 Å². The molecule has 25 heavy (non-hydrogen) atoms. The summed E-state index contributed by atoms with van der Waals surface area (Å²) in [6.07, 6.45) is 5.24. The lowest BCUT2D eigenvalue weighted by atomic mass is 9.79. The smallest absolute Gasteiger partial charge is 0.0644 e.